The molecule has 0 aliphatic carbocycles. The van der Waals surface area contributed by atoms with E-state index in [1.54, 1.807) is 11.0 Å². The van der Waals surface area contributed by atoms with Crippen molar-refractivity contribution in [2.24, 2.45) is 0 Å². The van der Waals surface area contributed by atoms with Gasteiger partial charge < -0.3 is 15.1 Å². The largest absolute Gasteiger partial charge is 0.505 e. The molecule has 3 rings (SSSR count). The molecule has 1 amide bonds. The van der Waals surface area contributed by atoms with Crippen molar-refractivity contribution in [1.29, 1.82) is 0 Å². The molecule has 5 heteroatoms. The highest BCUT2D eigenvalue weighted by atomic mass is 16.3. The standard InChI is InChI=1S/C15H16N2O3/c18-10-5-7-17(8-6-10)15(20)14-11-3-1-2-4-12(11)16-9-13(14)19/h1-4,9-10,18-19H,5-8H2. The zero-order valence-electron chi connectivity index (χ0n) is 11.0. The minimum Gasteiger partial charge on any atom is -0.505 e. The van der Waals surface area contributed by atoms with Crippen LogP contribution in [0.1, 0.15) is 23.2 Å². The number of aromatic hydroxyl groups is 1. The topological polar surface area (TPSA) is 73.7 Å². The molecule has 2 N–H and O–H groups in total. The van der Waals surface area contributed by atoms with Gasteiger partial charge in [-0.15, -0.1) is 0 Å². The highest BCUT2D eigenvalue weighted by Gasteiger charge is 2.25. The summed E-state index contributed by atoms with van der Waals surface area (Å²) in [6.45, 7) is 1.02. The Hall–Kier alpha value is -2.14. The fourth-order valence-corrected chi connectivity index (χ4v) is 2.58. The number of carbonyl (C=O) groups is 1. The average molecular weight is 272 g/mol. The maximum atomic E-state index is 12.6. The van der Waals surface area contributed by atoms with Crippen molar-refractivity contribution in [3.05, 3.63) is 36.0 Å². The van der Waals surface area contributed by atoms with E-state index in [9.17, 15) is 15.0 Å². The lowest BCUT2D eigenvalue weighted by Crippen LogP contribution is -2.40. The molecule has 0 spiro atoms. The van der Waals surface area contributed by atoms with Crippen LogP contribution in [0, 0.1) is 0 Å². The first kappa shape index (κ1) is 12.9. The minimum absolute atomic E-state index is 0.0974. The summed E-state index contributed by atoms with van der Waals surface area (Å²) < 4.78 is 0. The van der Waals surface area contributed by atoms with Crippen LogP contribution in [0.2, 0.25) is 0 Å². The van der Waals surface area contributed by atoms with E-state index in [2.05, 4.69) is 4.98 Å². The first-order valence-electron chi connectivity index (χ1n) is 6.71. The van der Waals surface area contributed by atoms with Gasteiger partial charge in [0.2, 0.25) is 0 Å². The van der Waals surface area contributed by atoms with Gasteiger partial charge in [0.05, 0.1) is 23.4 Å². The molecule has 0 atom stereocenters. The average Bonchev–Trinajstić information content (AvgIpc) is 2.47. The predicted molar refractivity (Wildman–Crippen MR) is 74.6 cm³/mol. The Bertz CT molecular complexity index is 649. The molecule has 1 aromatic carbocycles. The summed E-state index contributed by atoms with van der Waals surface area (Å²) >= 11 is 0. The molecule has 1 aliphatic rings. The van der Waals surface area contributed by atoms with E-state index < -0.39 is 0 Å². The second-order valence-corrected chi connectivity index (χ2v) is 5.06. The van der Waals surface area contributed by atoms with Crippen molar-refractivity contribution in [3.63, 3.8) is 0 Å². The van der Waals surface area contributed by atoms with E-state index in [0.717, 1.165) is 0 Å². The number of carbonyl (C=O) groups excluding carboxylic acids is 1. The van der Waals surface area contributed by atoms with Gasteiger partial charge in [0.25, 0.3) is 5.91 Å². The fourth-order valence-electron chi connectivity index (χ4n) is 2.58. The molecule has 1 aromatic heterocycles. The molecule has 0 unspecified atom stereocenters. The molecule has 2 heterocycles. The molecule has 2 aromatic rings. The van der Waals surface area contributed by atoms with Gasteiger partial charge in [0, 0.05) is 18.5 Å². The lowest BCUT2D eigenvalue weighted by Gasteiger charge is -2.30. The van der Waals surface area contributed by atoms with E-state index in [1.807, 2.05) is 18.2 Å². The molecule has 0 bridgehead atoms. The van der Waals surface area contributed by atoms with Gasteiger partial charge in [-0.2, -0.15) is 0 Å². The van der Waals surface area contributed by atoms with Gasteiger partial charge >= 0.3 is 0 Å². The Kier molecular flexibility index (Phi) is 3.28. The van der Waals surface area contributed by atoms with Crippen LogP contribution >= 0.6 is 0 Å². The molecule has 1 saturated heterocycles. The summed E-state index contributed by atoms with van der Waals surface area (Å²) in [4.78, 5) is 18.4. The Morgan fingerprint density at radius 1 is 1.25 bits per heavy atom. The number of para-hydroxylation sites is 1. The molecule has 5 nitrogen and oxygen atoms in total. The zero-order valence-corrected chi connectivity index (χ0v) is 11.0. The van der Waals surface area contributed by atoms with Gasteiger partial charge in [-0.25, -0.2) is 0 Å². The highest BCUT2D eigenvalue weighted by Crippen LogP contribution is 2.27. The van der Waals surface area contributed by atoms with Gasteiger partial charge in [-0.05, 0) is 18.9 Å². The lowest BCUT2D eigenvalue weighted by molar-refractivity contribution is 0.0546. The molecule has 1 fully saturated rings. The molecule has 0 radical (unpaired) electrons. The van der Waals surface area contributed by atoms with E-state index in [-0.39, 0.29) is 17.8 Å². The summed E-state index contributed by atoms with van der Waals surface area (Å²) in [7, 11) is 0. The SMILES string of the molecule is O=C(c1c(O)cnc2ccccc12)N1CCC(O)CC1. The normalized spacial score (nSPS) is 16.6. The number of piperidine rings is 1. The summed E-state index contributed by atoms with van der Waals surface area (Å²) in [5, 5.41) is 20.2. The number of pyridine rings is 1. The first-order valence-corrected chi connectivity index (χ1v) is 6.71. The van der Waals surface area contributed by atoms with Gasteiger partial charge in [0.1, 0.15) is 5.75 Å². The molecule has 0 saturated carbocycles. The molecule has 104 valence electrons. The second-order valence-electron chi connectivity index (χ2n) is 5.06. The summed E-state index contributed by atoms with van der Waals surface area (Å²) in [6, 6.07) is 7.26. The number of aromatic nitrogens is 1. The smallest absolute Gasteiger partial charge is 0.258 e. The number of amides is 1. The Morgan fingerprint density at radius 3 is 2.70 bits per heavy atom. The van der Waals surface area contributed by atoms with E-state index in [0.29, 0.717) is 42.4 Å². The summed E-state index contributed by atoms with van der Waals surface area (Å²) in [5.41, 5.74) is 0.984. The van der Waals surface area contributed by atoms with Crippen molar-refractivity contribution in [3.8, 4) is 5.75 Å². The van der Waals surface area contributed by atoms with Gasteiger partial charge in [-0.1, -0.05) is 18.2 Å². The third-order valence-corrected chi connectivity index (χ3v) is 3.72. The quantitative estimate of drug-likeness (QED) is 0.825. The monoisotopic (exact) mass is 272 g/mol. The van der Waals surface area contributed by atoms with Crippen molar-refractivity contribution in [1.82, 2.24) is 9.88 Å². The lowest BCUT2D eigenvalue weighted by atomic mass is 10.0. The van der Waals surface area contributed by atoms with Crippen molar-refractivity contribution in [2.45, 2.75) is 18.9 Å². The maximum Gasteiger partial charge on any atom is 0.258 e. The van der Waals surface area contributed by atoms with Gasteiger partial charge in [0.15, 0.2) is 0 Å². The van der Waals surface area contributed by atoms with Crippen LogP contribution in [-0.2, 0) is 0 Å². The van der Waals surface area contributed by atoms with E-state index in [4.69, 9.17) is 0 Å². The maximum absolute atomic E-state index is 12.6. The fraction of sp³-hybridized carbons (Fsp3) is 0.333. The van der Waals surface area contributed by atoms with Crippen molar-refractivity contribution in [2.75, 3.05) is 13.1 Å². The minimum atomic E-state index is -0.332. The third kappa shape index (κ3) is 2.20. The number of fused-ring (bicyclic) bond motifs is 1. The number of aliphatic hydroxyl groups excluding tert-OH is 1. The van der Waals surface area contributed by atoms with E-state index >= 15 is 0 Å². The van der Waals surface area contributed by atoms with Crippen LogP contribution in [-0.4, -0.2) is 45.2 Å². The van der Waals surface area contributed by atoms with Crippen LogP contribution in [0.3, 0.4) is 0 Å². The van der Waals surface area contributed by atoms with Crippen LogP contribution in [0.5, 0.6) is 5.75 Å². The predicted octanol–water partition coefficient (Wildman–Crippen LogP) is 1.54. The van der Waals surface area contributed by atoms with Crippen molar-refractivity contribution >= 4 is 16.8 Å². The first-order chi connectivity index (χ1) is 9.66. The van der Waals surface area contributed by atoms with Crippen LogP contribution in [0.4, 0.5) is 0 Å². The number of hydrogen-bond acceptors (Lipinski definition) is 4. The summed E-state index contributed by atoms with van der Waals surface area (Å²) in [5.74, 6) is -0.298. The summed E-state index contributed by atoms with van der Waals surface area (Å²) in [6.07, 6.45) is 2.14. The molecule has 1 aliphatic heterocycles. The Balaban J connectivity index is 2.01. The number of likely N-dealkylation sites (tertiary alicyclic amines) is 1. The van der Waals surface area contributed by atoms with Crippen LogP contribution in [0.15, 0.2) is 30.5 Å². The number of benzene rings is 1. The third-order valence-electron chi connectivity index (χ3n) is 3.72. The molecular weight excluding hydrogens is 256 g/mol. The highest BCUT2D eigenvalue weighted by molar-refractivity contribution is 6.08. The zero-order chi connectivity index (χ0) is 14.1. The molecular formula is C15H16N2O3. The van der Waals surface area contributed by atoms with Gasteiger partial charge in [-0.3, -0.25) is 9.78 Å². The number of nitrogens with zero attached hydrogens (tertiary/aromatic N) is 2. The number of aliphatic hydroxyl groups is 1. The Morgan fingerprint density at radius 2 is 1.95 bits per heavy atom. The Labute approximate surface area is 116 Å². The number of hydrogen-bond donors (Lipinski definition) is 2. The van der Waals surface area contributed by atoms with Crippen molar-refractivity contribution < 1.29 is 15.0 Å². The molecule has 20 heavy (non-hydrogen) atoms. The van der Waals surface area contributed by atoms with Crippen LogP contribution < -0.4 is 0 Å². The van der Waals surface area contributed by atoms with Crippen LogP contribution in [0.25, 0.3) is 10.9 Å². The number of rotatable bonds is 1. The second kappa shape index (κ2) is 5.09. The van der Waals surface area contributed by atoms with E-state index in [1.165, 1.54) is 6.20 Å².